The van der Waals surface area contributed by atoms with Crippen LogP contribution in [0.4, 0.5) is 0 Å². The molecule has 6 aromatic carbocycles. The quantitative estimate of drug-likeness (QED) is 0.194. The zero-order valence-electron chi connectivity index (χ0n) is 30.0. The minimum Gasteiger partial charge on any atom is -0.353 e. The van der Waals surface area contributed by atoms with Gasteiger partial charge in [0.15, 0.2) is 0 Å². The Morgan fingerprint density at radius 3 is 1.54 bits per heavy atom. The fraction of sp³-hybridized carbons (Fsp3) is 0. The van der Waals surface area contributed by atoms with Gasteiger partial charge < -0.3 is 9.55 Å². The van der Waals surface area contributed by atoms with E-state index in [9.17, 15) is 0 Å². The molecule has 8 aromatic rings. The zero-order valence-corrected chi connectivity index (χ0v) is 30.0. The van der Waals surface area contributed by atoms with Crippen LogP contribution in [-0.2, 0) is 0 Å². The summed E-state index contributed by atoms with van der Waals surface area (Å²) in [6, 6.07) is 29.4. The monoisotopic (exact) mass is 604 g/mol. The van der Waals surface area contributed by atoms with Crippen LogP contribution in [0, 0.1) is 0 Å². The molecule has 0 unspecified atom stereocenters. The SMILES string of the molecule is Bc1c(B)c(B)c(-c2ccc(-n3c4ccccc4c4ccc5c6ccccc6[nH]c5c43)cc2-c2c(B)c(B)c(B)c(B)c2B)c(B)c1B. The van der Waals surface area contributed by atoms with Crippen molar-refractivity contribution in [2.24, 2.45) is 0 Å². The maximum absolute atomic E-state index is 3.83. The third-order valence-corrected chi connectivity index (χ3v) is 12.1. The third kappa shape index (κ3) is 4.20. The van der Waals surface area contributed by atoms with E-state index in [1.165, 1.54) is 126 Å². The Kier molecular flexibility index (Phi) is 7.11. The van der Waals surface area contributed by atoms with Crippen molar-refractivity contribution in [3.8, 4) is 27.9 Å². The van der Waals surface area contributed by atoms with Crippen molar-refractivity contribution in [3.63, 3.8) is 0 Å². The van der Waals surface area contributed by atoms with Crippen LogP contribution < -0.4 is 54.6 Å². The fourth-order valence-corrected chi connectivity index (χ4v) is 8.54. The first kappa shape index (κ1) is 30.9. The maximum atomic E-state index is 3.83. The second kappa shape index (κ2) is 11.1. The first-order chi connectivity index (χ1) is 23.0. The van der Waals surface area contributed by atoms with E-state index in [1.54, 1.807) is 0 Å². The Morgan fingerprint density at radius 2 is 0.917 bits per heavy atom. The average molecular weight is 603 g/mol. The highest BCUT2D eigenvalue weighted by Crippen LogP contribution is 2.40. The van der Waals surface area contributed by atoms with Gasteiger partial charge in [-0.25, -0.2) is 0 Å². The average Bonchev–Trinajstić information content (AvgIpc) is 3.65. The van der Waals surface area contributed by atoms with Crippen LogP contribution >= 0.6 is 0 Å². The molecule has 12 heteroatoms. The second-order valence-corrected chi connectivity index (χ2v) is 14.1. The summed E-state index contributed by atoms with van der Waals surface area (Å²) in [6.07, 6.45) is 0. The summed E-state index contributed by atoms with van der Waals surface area (Å²) in [6.45, 7) is 0. The number of hydrogen-bond donors (Lipinski definition) is 1. The molecule has 0 aliphatic rings. The molecule has 2 nitrogen and oxygen atoms in total. The van der Waals surface area contributed by atoms with Crippen LogP contribution in [0.15, 0.2) is 78.9 Å². The molecular formula is C36H34B10N2. The second-order valence-electron chi connectivity index (χ2n) is 14.1. The summed E-state index contributed by atoms with van der Waals surface area (Å²) in [5.74, 6) is 0. The lowest BCUT2D eigenvalue weighted by molar-refractivity contribution is 1.18. The molecule has 0 fully saturated rings. The lowest BCUT2D eigenvalue weighted by Gasteiger charge is -2.26. The van der Waals surface area contributed by atoms with E-state index in [2.05, 4.69) is 167 Å². The molecule has 218 valence electrons. The van der Waals surface area contributed by atoms with Crippen molar-refractivity contribution in [2.45, 2.75) is 0 Å². The van der Waals surface area contributed by atoms with Crippen molar-refractivity contribution in [1.29, 1.82) is 0 Å². The number of hydrogen-bond acceptors (Lipinski definition) is 0. The molecule has 0 saturated carbocycles. The molecule has 2 aromatic heterocycles. The minimum absolute atomic E-state index is 1.17. The summed E-state index contributed by atoms with van der Waals surface area (Å²) < 4.78 is 2.50. The number of nitrogens with one attached hydrogen (secondary N) is 1. The highest BCUT2D eigenvalue weighted by molar-refractivity contribution is 6.70. The molecule has 0 saturated heterocycles. The first-order valence-electron chi connectivity index (χ1n) is 17.2. The molecule has 0 radical (unpaired) electrons. The summed E-state index contributed by atoms with van der Waals surface area (Å²) in [7, 11) is 23.0. The van der Waals surface area contributed by atoms with Crippen LogP contribution in [0.2, 0.25) is 0 Å². The molecule has 0 aliphatic heterocycles. The van der Waals surface area contributed by atoms with Crippen molar-refractivity contribution < 1.29 is 0 Å². The smallest absolute Gasteiger partial charge is 0.139 e. The van der Waals surface area contributed by atoms with Crippen LogP contribution in [0.1, 0.15) is 0 Å². The van der Waals surface area contributed by atoms with Gasteiger partial charge in [0.05, 0.1) is 16.6 Å². The zero-order chi connectivity index (χ0) is 33.8. The van der Waals surface area contributed by atoms with E-state index in [1.807, 2.05) is 0 Å². The highest BCUT2D eigenvalue weighted by Gasteiger charge is 2.23. The predicted molar refractivity (Wildman–Crippen MR) is 243 cm³/mol. The summed E-state index contributed by atoms with van der Waals surface area (Å²) in [4.78, 5) is 3.83. The molecule has 0 spiro atoms. The molecule has 2 heterocycles. The molecule has 48 heavy (non-hydrogen) atoms. The topological polar surface area (TPSA) is 20.7 Å². The number of benzene rings is 6. The number of aromatic amines is 1. The Bertz CT molecular complexity index is 2630. The molecular weight excluding hydrogens is 569 g/mol. The largest absolute Gasteiger partial charge is 0.353 e. The molecule has 8 rings (SSSR count). The van der Waals surface area contributed by atoms with E-state index >= 15 is 0 Å². The van der Waals surface area contributed by atoms with E-state index in [0.29, 0.717) is 0 Å². The van der Waals surface area contributed by atoms with Gasteiger partial charge in [-0.3, -0.25) is 0 Å². The molecule has 0 aliphatic carbocycles. The van der Waals surface area contributed by atoms with Crippen LogP contribution in [-0.4, -0.2) is 88.0 Å². The molecule has 0 bridgehead atoms. The number of H-pyrrole nitrogens is 1. The lowest BCUT2D eigenvalue weighted by atomic mass is 9.58. The van der Waals surface area contributed by atoms with Gasteiger partial charge in [0.25, 0.3) is 0 Å². The van der Waals surface area contributed by atoms with Gasteiger partial charge in [-0.15, -0.1) is 32.8 Å². The standard InChI is InChI=1S/C36H34B10N2/c37-25-23(26(38)30(42)33(45)29(25)41)17-10-9-14(13-20(17)24-27(39)31(43)34(46)32(44)28(24)40)48-22-8-4-2-6-16(22)19-12-11-18-15-5-1-3-7-21(15)47-35(18)36(19)48/h1-13,47H,37-46H2. The van der Waals surface area contributed by atoms with Crippen LogP contribution in [0.3, 0.4) is 0 Å². The number of rotatable bonds is 3. The number of aromatic nitrogens is 2. The molecule has 0 atom stereocenters. The predicted octanol–water partition coefficient (Wildman–Crippen LogP) is -7.66. The van der Waals surface area contributed by atoms with E-state index < -0.39 is 0 Å². The Labute approximate surface area is 291 Å². The maximum Gasteiger partial charge on any atom is 0.139 e. The molecule has 0 amide bonds. The summed E-state index contributed by atoms with van der Waals surface area (Å²) in [5, 5.41) is 5.05. The van der Waals surface area contributed by atoms with Crippen molar-refractivity contribution in [3.05, 3.63) is 78.9 Å². The Balaban J connectivity index is 1.55. The first-order valence-corrected chi connectivity index (χ1v) is 17.2. The number of nitrogens with zero attached hydrogens (tertiary/aromatic N) is 1. The third-order valence-electron chi connectivity index (χ3n) is 12.1. The normalized spacial score (nSPS) is 11.8. The van der Waals surface area contributed by atoms with Crippen molar-refractivity contribution >= 4 is 177 Å². The minimum atomic E-state index is 1.17. The van der Waals surface area contributed by atoms with Gasteiger partial charge in [0.2, 0.25) is 0 Å². The van der Waals surface area contributed by atoms with Crippen LogP contribution in [0.25, 0.3) is 71.6 Å². The summed E-state index contributed by atoms with van der Waals surface area (Å²) in [5.41, 5.74) is 25.1. The molecule has 1 N–H and O–H groups in total. The van der Waals surface area contributed by atoms with Crippen LogP contribution in [0.5, 0.6) is 0 Å². The highest BCUT2D eigenvalue weighted by atomic mass is 15.0. The van der Waals surface area contributed by atoms with Gasteiger partial charge in [0, 0.05) is 32.7 Å². The van der Waals surface area contributed by atoms with Gasteiger partial charge in [-0.2, -0.15) is 0 Å². The number of fused-ring (bicyclic) bond motifs is 7. The summed E-state index contributed by atoms with van der Waals surface area (Å²) >= 11 is 0. The van der Waals surface area contributed by atoms with Gasteiger partial charge >= 0.3 is 0 Å². The van der Waals surface area contributed by atoms with E-state index in [4.69, 9.17) is 0 Å². The number of para-hydroxylation sites is 2. The van der Waals surface area contributed by atoms with E-state index in [0.717, 1.165) is 0 Å². The van der Waals surface area contributed by atoms with Crippen molar-refractivity contribution in [2.75, 3.05) is 0 Å². The van der Waals surface area contributed by atoms with Gasteiger partial charge in [-0.1, -0.05) is 76.4 Å². The van der Waals surface area contributed by atoms with E-state index in [-0.39, 0.29) is 0 Å². The fourth-order valence-electron chi connectivity index (χ4n) is 8.54. The van der Waals surface area contributed by atoms with Gasteiger partial charge in [-0.05, 0) is 46.5 Å². The Hall–Kier alpha value is -4.43. The Morgan fingerprint density at radius 1 is 0.417 bits per heavy atom. The lowest BCUT2D eigenvalue weighted by Crippen LogP contribution is -2.56. The van der Waals surface area contributed by atoms with Crippen molar-refractivity contribution in [1.82, 2.24) is 9.55 Å². The van der Waals surface area contributed by atoms with Gasteiger partial charge in [0.1, 0.15) is 78.5 Å².